The molecule has 14 heavy (non-hydrogen) atoms. The summed E-state index contributed by atoms with van der Waals surface area (Å²) < 4.78 is 0. The van der Waals surface area contributed by atoms with Crippen molar-refractivity contribution in [3.05, 3.63) is 0 Å². The molecule has 0 saturated heterocycles. The molecule has 0 aromatic heterocycles. The zero-order chi connectivity index (χ0) is 10.6. The SMILES string of the molecule is NC(=O)C(N)CNC1CCCCC1O. The fraction of sp³-hybridized carbons (Fsp3) is 0.889. The first kappa shape index (κ1) is 11.4. The number of rotatable bonds is 4. The van der Waals surface area contributed by atoms with Crippen LogP contribution in [0.3, 0.4) is 0 Å². The molecular weight excluding hydrogens is 182 g/mol. The van der Waals surface area contributed by atoms with Crippen molar-refractivity contribution in [2.45, 2.75) is 43.9 Å². The molecule has 1 saturated carbocycles. The minimum Gasteiger partial charge on any atom is -0.392 e. The van der Waals surface area contributed by atoms with Gasteiger partial charge in [-0.15, -0.1) is 0 Å². The Morgan fingerprint density at radius 1 is 1.50 bits per heavy atom. The molecule has 3 unspecified atom stereocenters. The number of nitrogens with one attached hydrogen (secondary N) is 1. The highest BCUT2D eigenvalue weighted by Gasteiger charge is 2.23. The summed E-state index contributed by atoms with van der Waals surface area (Å²) in [6, 6.07) is -0.599. The van der Waals surface area contributed by atoms with Gasteiger partial charge in [-0.25, -0.2) is 0 Å². The van der Waals surface area contributed by atoms with E-state index in [1.807, 2.05) is 0 Å². The quantitative estimate of drug-likeness (QED) is 0.453. The lowest BCUT2D eigenvalue weighted by atomic mass is 9.92. The van der Waals surface area contributed by atoms with E-state index in [-0.39, 0.29) is 12.1 Å². The van der Waals surface area contributed by atoms with Crippen LogP contribution in [-0.4, -0.2) is 35.7 Å². The molecule has 1 rings (SSSR count). The molecule has 1 fully saturated rings. The maximum absolute atomic E-state index is 10.6. The van der Waals surface area contributed by atoms with Gasteiger partial charge in [0, 0.05) is 12.6 Å². The summed E-state index contributed by atoms with van der Waals surface area (Å²) in [5.74, 6) is -0.511. The van der Waals surface area contributed by atoms with Crippen molar-refractivity contribution in [3.8, 4) is 0 Å². The zero-order valence-corrected chi connectivity index (χ0v) is 8.28. The molecule has 0 spiro atoms. The van der Waals surface area contributed by atoms with Crippen LogP contribution in [-0.2, 0) is 4.79 Å². The second-order valence-corrected chi connectivity index (χ2v) is 3.88. The number of hydrogen-bond acceptors (Lipinski definition) is 4. The molecule has 1 aliphatic rings. The summed E-state index contributed by atoms with van der Waals surface area (Å²) in [7, 11) is 0. The van der Waals surface area contributed by atoms with E-state index in [4.69, 9.17) is 11.5 Å². The Hall–Kier alpha value is -0.650. The topological polar surface area (TPSA) is 101 Å². The standard InChI is InChI=1S/C9H19N3O2/c10-6(9(11)14)5-12-7-3-1-2-4-8(7)13/h6-8,12-13H,1-5,10H2,(H2,11,14). The summed E-state index contributed by atoms with van der Waals surface area (Å²) in [5.41, 5.74) is 10.5. The van der Waals surface area contributed by atoms with E-state index in [9.17, 15) is 9.90 Å². The van der Waals surface area contributed by atoms with Crippen LogP contribution < -0.4 is 16.8 Å². The van der Waals surface area contributed by atoms with E-state index in [2.05, 4.69) is 5.32 Å². The molecule has 6 N–H and O–H groups in total. The van der Waals surface area contributed by atoms with E-state index >= 15 is 0 Å². The predicted octanol–water partition coefficient (Wildman–Crippen LogP) is -1.31. The van der Waals surface area contributed by atoms with Crippen LogP contribution in [0.4, 0.5) is 0 Å². The fourth-order valence-electron chi connectivity index (χ4n) is 1.73. The van der Waals surface area contributed by atoms with Gasteiger partial charge in [0.15, 0.2) is 0 Å². The van der Waals surface area contributed by atoms with Crippen molar-refractivity contribution < 1.29 is 9.90 Å². The number of aliphatic hydroxyl groups excluding tert-OH is 1. The Morgan fingerprint density at radius 2 is 2.14 bits per heavy atom. The maximum atomic E-state index is 10.6. The molecule has 0 bridgehead atoms. The summed E-state index contributed by atoms with van der Waals surface area (Å²) in [6.07, 6.45) is 3.63. The summed E-state index contributed by atoms with van der Waals surface area (Å²) in [5, 5.41) is 12.7. The van der Waals surface area contributed by atoms with Crippen LogP contribution >= 0.6 is 0 Å². The van der Waals surface area contributed by atoms with Crippen LogP contribution in [0.2, 0.25) is 0 Å². The molecule has 82 valence electrons. The maximum Gasteiger partial charge on any atom is 0.235 e. The van der Waals surface area contributed by atoms with Crippen molar-refractivity contribution in [2.75, 3.05) is 6.54 Å². The first-order valence-corrected chi connectivity index (χ1v) is 5.07. The summed E-state index contributed by atoms with van der Waals surface area (Å²) in [6.45, 7) is 0.344. The Bertz CT molecular complexity index is 198. The van der Waals surface area contributed by atoms with Gasteiger partial charge in [0.1, 0.15) is 0 Å². The molecular formula is C9H19N3O2. The van der Waals surface area contributed by atoms with Gasteiger partial charge >= 0.3 is 0 Å². The van der Waals surface area contributed by atoms with Gasteiger partial charge in [0.05, 0.1) is 12.1 Å². The second kappa shape index (κ2) is 5.29. The van der Waals surface area contributed by atoms with Crippen molar-refractivity contribution in [1.29, 1.82) is 0 Å². The third-order valence-electron chi connectivity index (χ3n) is 2.69. The molecule has 0 radical (unpaired) electrons. The molecule has 0 aliphatic heterocycles. The van der Waals surface area contributed by atoms with Crippen LogP contribution in [0.25, 0.3) is 0 Å². The van der Waals surface area contributed by atoms with Crippen LogP contribution in [0.1, 0.15) is 25.7 Å². The first-order valence-electron chi connectivity index (χ1n) is 5.07. The number of primary amides is 1. The van der Waals surface area contributed by atoms with Crippen LogP contribution in [0.15, 0.2) is 0 Å². The van der Waals surface area contributed by atoms with E-state index in [1.165, 1.54) is 0 Å². The lowest BCUT2D eigenvalue weighted by Gasteiger charge is -2.29. The molecule has 3 atom stereocenters. The second-order valence-electron chi connectivity index (χ2n) is 3.88. The average molecular weight is 201 g/mol. The number of carbonyl (C=O) groups excluding carboxylic acids is 1. The third kappa shape index (κ3) is 3.25. The Balaban J connectivity index is 2.25. The lowest BCUT2D eigenvalue weighted by molar-refractivity contribution is -0.119. The average Bonchev–Trinajstić information content (AvgIpc) is 2.16. The monoisotopic (exact) mass is 201 g/mol. The Morgan fingerprint density at radius 3 is 2.71 bits per heavy atom. The highest BCUT2D eigenvalue weighted by Crippen LogP contribution is 2.17. The van der Waals surface area contributed by atoms with Crippen molar-refractivity contribution in [1.82, 2.24) is 5.32 Å². The normalized spacial score (nSPS) is 29.9. The van der Waals surface area contributed by atoms with Crippen LogP contribution in [0, 0.1) is 0 Å². The third-order valence-corrected chi connectivity index (χ3v) is 2.69. The molecule has 1 aliphatic carbocycles. The van der Waals surface area contributed by atoms with E-state index in [0.717, 1.165) is 25.7 Å². The van der Waals surface area contributed by atoms with Crippen molar-refractivity contribution in [2.24, 2.45) is 11.5 Å². The van der Waals surface area contributed by atoms with Gasteiger partial charge in [-0.1, -0.05) is 12.8 Å². The van der Waals surface area contributed by atoms with E-state index < -0.39 is 11.9 Å². The molecule has 5 heteroatoms. The summed E-state index contributed by atoms with van der Waals surface area (Å²) >= 11 is 0. The number of aliphatic hydroxyl groups is 1. The lowest BCUT2D eigenvalue weighted by Crippen LogP contribution is -2.50. The number of nitrogens with two attached hydrogens (primary N) is 2. The first-order chi connectivity index (χ1) is 6.61. The molecule has 0 aromatic carbocycles. The minimum atomic E-state index is -0.663. The molecule has 0 aromatic rings. The Labute approximate surface area is 83.8 Å². The highest BCUT2D eigenvalue weighted by molar-refractivity contribution is 5.79. The summed E-state index contributed by atoms with van der Waals surface area (Å²) in [4.78, 5) is 10.6. The molecule has 0 heterocycles. The number of hydrogen-bond donors (Lipinski definition) is 4. The fourth-order valence-corrected chi connectivity index (χ4v) is 1.73. The van der Waals surface area contributed by atoms with Gasteiger partial charge < -0.3 is 21.9 Å². The zero-order valence-electron chi connectivity index (χ0n) is 8.28. The van der Waals surface area contributed by atoms with Gasteiger partial charge in [0.2, 0.25) is 5.91 Å². The minimum absolute atomic E-state index is 0.0640. The van der Waals surface area contributed by atoms with Gasteiger partial charge in [-0.2, -0.15) is 0 Å². The van der Waals surface area contributed by atoms with Crippen LogP contribution in [0.5, 0.6) is 0 Å². The number of amides is 1. The van der Waals surface area contributed by atoms with Gasteiger partial charge in [0.25, 0.3) is 0 Å². The van der Waals surface area contributed by atoms with E-state index in [1.54, 1.807) is 0 Å². The largest absolute Gasteiger partial charge is 0.392 e. The van der Waals surface area contributed by atoms with Gasteiger partial charge in [-0.3, -0.25) is 4.79 Å². The predicted molar refractivity (Wildman–Crippen MR) is 53.4 cm³/mol. The molecule has 1 amide bonds. The Kier molecular flexibility index (Phi) is 4.31. The van der Waals surface area contributed by atoms with Gasteiger partial charge in [-0.05, 0) is 12.8 Å². The van der Waals surface area contributed by atoms with E-state index in [0.29, 0.717) is 6.54 Å². The van der Waals surface area contributed by atoms with Crippen molar-refractivity contribution in [3.63, 3.8) is 0 Å². The van der Waals surface area contributed by atoms with Crippen molar-refractivity contribution >= 4 is 5.91 Å². The molecule has 5 nitrogen and oxygen atoms in total. The number of carbonyl (C=O) groups is 1. The highest BCUT2D eigenvalue weighted by atomic mass is 16.3. The smallest absolute Gasteiger partial charge is 0.235 e.